The molecule has 3 aromatic carbocycles. The molecule has 0 spiro atoms. The first kappa shape index (κ1) is 36.3. The number of rotatable bonds is 5. The van der Waals surface area contributed by atoms with Crippen LogP contribution in [-0.4, -0.2) is 99.6 Å². The highest BCUT2D eigenvalue weighted by atomic mass is 16.7. The number of epoxide rings is 1. The molecule has 53 heavy (non-hydrogen) atoms. The summed E-state index contributed by atoms with van der Waals surface area (Å²) in [6, 6.07) is 4.97. The molecule has 1 aliphatic heterocycles. The molecule has 1 heterocycles. The average Bonchev–Trinajstić information content (AvgIpc) is 3.73. The molecule has 0 aromatic heterocycles. The van der Waals surface area contributed by atoms with Crippen LogP contribution in [0.5, 0.6) is 23.0 Å². The number of phenolic OH excluding ortho intramolecular Hbond substituents is 4. The molecular weight excluding hydrogens is 696 g/mol. The van der Waals surface area contributed by atoms with Gasteiger partial charge in [0.15, 0.2) is 28.6 Å². The standard InChI is InChI=1S/C38H38O15/c1-13(51-15(3)39)27-26-25(21(41)11-35(27,5)49)31(46)23-19(30(26)45)9-7-17(28(23)43)18-8-10-20-24(29(18)44)34(48)37-22(42)12-36(6,50)32(14(2)52-16(4)40)38(37,53-37)33(20)47/h7-10,13-14,27,32,34,43-46,48-50H,11-12H2,1-6H3/t13-,14-,27-,32+,34-,35+,36+,37-,38+/m1/s1. The predicted octanol–water partition coefficient (Wildman–Crippen LogP) is 2.73. The third-order valence-corrected chi connectivity index (χ3v) is 11.5. The van der Waals surface area contributed by atoms with Crippen LogP contribution in [0.15, 0.2) is 24.3 Å². The molecule has 15 nitrogen and oxygen atoms in total. The minimum atomic E-state index is -2.25. The number of phenols is 4. The van der Waals surface area contributed by atoms with Crippen LogP contribution >= 0.6 is 0 Å². The monoisotopic (exact) mass is 734 g/mol. The second-order valence-corrected chi connectivity index (χ2v) is 15.1. The molecule has 1 saturated carbocycles. The first-order valence-electron chi connectivity index (χ1n) is 16.9. The fraction of sp³-hybridized carbons (Fsp3) is 0.447. The molecule has 3 aliphatic carbocycles. The van der Waals surface area contributed by atoms with E-state index in [2.05, 4.69) is 0 Å². The lowest BCUT2D eigenvalue weighted by Crippen LogP contribution is -2.65. The van der Waals surface area contributed by atoms with E-state index in [1.54, 1.807) is 0 Å². The zero-order chi connectivity index (χ0) is 39.1. The van der Waals surface area contributed by atoms with Crippen LogP contribution < -0.4 is 0 Å². The summed E-state index contributed by atoms with van der Waals surface area (Å²) in [5.74, 6) is -9.18. The van der Waals surface area contributed by atoms with E-state index in [1.807, 2.05) is 0 Å². The van der Waals surface area contributed by atoms with Gasteiger partial charge in [-0.1, -0.05) is 6.07 Å². The molecule has 0 bridgehead atoms. The van der Waals surface area contributed by atoms with Gasteiger partial charge in [-0.25, -0.2) is 0 Å². The predicted molar refractivity (Wildman–Crippen MR) is 180 cm³/mol. The Kier molecular flexibility index (Phi) is 7.67. The summed E-state index contributed by atoms with van der Waals surface area (Å²) in [6.07, 6.45) is -5.31. The molecule has 7 N–H and O–H groups in total. The number of carbonyl (C=O) groups is 5. The molecule has 0 radical (unpaired) electrons. The van der Waals surface area contributed by atoms with Gasteiger partial charge < -0.3 is 50.0 Å². The number of benzene rings is 3. The molecule has 0 unspecified atom stereocenters. The van der Waals surface area contributed by atoms with Gasteiger partial charge in [0.1, 0.15) is 41.3 Å². The minimum Gasteiger partial charge on any atom is -0.507 e. The first-order chi connectivity index (χ1) is 24.6. The maximum absolute atomic E-state index is 14.3. The summed E-state index contributed by atoms with van der Waals surface area (Å²) in [5, 5.41) is 80.4. The third-order valence-electron chi connectivity index (χ3n) is 11.5. The van der Waals surface area contributed by atoms with Crippen LogP contribution in [0.25, 0.3) is 21.9 Å². The largest absolute Gasteiger partial charge is 0.507 e. The zero-order valence-corrected chi connectivity index (χ0v) is 29.5. The van der Waals surface area contributed by atoms with Crippen molar-refractivity contribution >= 4 is 40.1 Å². The highest BCUT2D eigenvalue weighted by Crippen LogP contribution is 2.71. The van der Waals surface area contributed by atoms with E-state index in [1.165, 1.54) is 52.0 Å². The van der Waals surface area contributed by atoms with E-state index < -0.39 is 134 Å². The van der Waals surface area contributed by atoms with Crippen molar-refractivity contribution in [3.8, 4) is 34.1 Å². The highest BCUT2D eigenvalue weighted by molar-refractivity contribution is 6.18. The van der Waals surface area contributed by atoms with E-state index in [0.29, 0.717) is 0 Å². The van der Waals surface area contributed by atoms with Crippen LogP contribution in [0, 0.1) is 5.92 Å². The average molecular weight is 735 g/mol. The van der Waals surface area contributed by atoms with Crippen molar-refractivity contribution in [1.29, 1.82) is 0 Å². The maximum Gasteiger partial charge on any atom is 0.302 e. The Bertz CT molecular complexity index is 2220. The summed E-state index contributed by atoms with van der Waals surface area (Å²) >= 11 is 0. The SMILES string of the molecule is CC(=O)O[C@H](C)[C@@H]1c2c(c(O)c3c(O)c(-c4ccc5c(c4O)[C@@H](O)[C@@]46O[C@]4(C5=O)[C@@H]([C@@H](C)OC(C)=O)[C@@](C)(O)CC6=O)ccc3c2O)C(=O)C[C@]1(C)O. The topological polar surface area (TPSA) is 258 Å². The number of fused-ring (bicyclic) bond motifs is 3. The van der Waals surface area contributed by atoms with Crippen LogP contribution in [-0.2, 0) is 28.6 Å². The van der Waals surface area contributed by atoms with E-state index in [4.69, 9.17) is 14.2 Å². The molecule has 9 atom stereocenters. The fourth-order valence-electron chi connectivity index (χ4n) is 9.68. The number of aromatic hydroxyl groups is 4. The minimum absolute atomic E-state index is 0.163. The lowest BCUT2D eigenvalue weighted by Gasteiger charge is -2.46. The van der Waals surface area contributed by atoms with Crippen molar-refractivity contribution in [3.05, 3.63) is 46.5 Å². The number of ether oxygens (including phenoxy) is 3. The number of carbonyl (C=O) groups excluding carboxylic acids is 5. The third kappa shape index (κ3) is 4.57. The van der Waals surface area contributed by atoms with Gasteiger partial charge >= 0.3 is 11.9 Å². The van der Waals surface area contributed by atoms with Gasteiger partial charge in [-0.3, -0.25) is 24.0 Å². The summed E-state index contributed by atoms with van der Waals surface area (Å²) in [6.45, 7) is 7.80. The maximum atomic E-state index is 14.3. The van der Waals surface area contributed by atoms with Crippen LogP contribution in [0.1, 0.15) is 98.2 Å². The number of Topliss-reactive ketones (excluding diaryl/α,β-unsaturated/α-hetero) is 3. The quantitative estimate of drug-likeness (QED) is 0.113. The molecule has 1 saturated heterocycles. The van der Waals surface area contributed by atoms with Gasteiger partial charge in [0, 0.05) is 59.9 Å². The van der Waals surface area contributed by atoms with Gasteiger partial charge in [0.2, 0.25) is 0 Å². The van der Waals surface area contributed by atoms with Crippen molar-refractivity contribution in [3.63, 3.8) is 0 Å². The molecule has 2 fully saturated rings. The molecule has 280 valence electrons. The number of aliphatic hydroxyl groups excluding tert-OH is 1. The number of esters is 2. The number of hydrogen-bond donors (Lipinski definition) is 7. The van der Waals surface area contributed by atoms with Crippen LogP contribution in [0.4, 0.5) is 0 Å². The summed E-state index contributed by atoms with van der Waals surface area (Å²) < 4.78 is 16.6. The first-order valence-corrected chi connectivity index (χ1v) is 16.9. The number of ketones is 3. The lowest BCUT2D eigenvalue weighted by molar-refractivity contribution is -0.162. The van der Waals surface area contributed by atoms with Crippen LogP contribution in [0.2, 0.25) is 0 Å². The zero-order valence-electron chi connectivity index (χ0n) is 29.5. The smallest absolute Gasteiger partial charge is 0.302 e. The lowest BCUT2D eigenvalue weighted by atomic mass is 9.56. The van der Waals surface area contributed by atoms with E-state index in [9.17, 15) is 59.7 Å². The van der Waals surface area contributed by atoms with Gasteiger partial charge in [0.25, 0.3) is 0 Å². The van der Waals surface area contributed by atoms with Crippen molar-refractivity contribution in [1.82, 2.24) is 0 Å². The Hall–Kier alpha value is -5.09. The number of hydrogen-bond acceptors (Lipinski definition) is 15. The highest BCUT2D eigenvalue weighted by Gasteiger charge is 2.90. The molecule has 7 rings (SSSR count). The normalized spacial score (nSPS) is 32.5. The number of aliphatic hydroxyl groups is 3. The molecular formula is C38H38O15. The summed E-state index contributed by atoms with van der Waals surface area (Å²) in [7, 11) is 0. The second kappa shape index (κ2) is 11.2. The van der Waals surface area contributed by atoms with E-state index in [-0.39, 0.29) is 27.6 Å². The van der Waals surface area contributed by atoms with E-state index >= 15 is 0 Å². The van der Waals surface area contributed by atoms with Crippen molar-refractivity contribution in [2.24, 2.45) is 5.92 Å². The van der Waals surface area contributed by atoms with Crippen molar-refractivity contribution < 1.29 is 73.9 Å². The van der Waals surface area contributed by atoms with Crippen molar-refractivity contribution in [2.45, 2.75) is 101 Å². The van der Waals surface area contributed by atoms with Crippen LogP contribution in [0.3, 0.4) is 0 Å². The Labute approximate surface area is 301 Å². The second-order valence-electron chi connectivity index (χ2n) is 15.1. The molecule has 0 amide bonds. The van der Waals surface area contributed by atoms with Gasteiger partial charge in [-0.2, -0.15) is 0 Å². The van der Waals surface area contributed by atoms with E-state index in [0.717, 1.165) is 13.8 Å². The Morgan fingerprint density at radius 2 is 1.32 bits per heavy atom. The van der Waals surface area contributed by atoms with Gasteiger partial charge in [0.05, 0.1) is 34.0 Å². The Morgan fingerprint density at radius 3 is 1.94 bits per heavy atom. The van der Waals surface area contributed by atoms with Gasteiger partial charge in [-0.15, -0.1) is 0 Å². The molecule has 3 aromatic rings. The van der Waals surface area contributed by atoms with Crippen molar-refractivity contribution in [2.75, 3.05) is 0 Å². The Morgan fingerprint density at radius 1 is 0.755 bits per heavy atom. The fourth-order valence-corrected chi connectivity index (χ4v) is 9.68. The Balaban J connectivity index is 1.39. The molecule has 4 aliphatic rings. The molecule has 15 heteroatoms. The summed E-state index contributed by atoms with van der Waals surface area (Å²) in [5.41, 5.74) is -9.77. The summed E-state index contributed by atoms with van der Waals surface area (Å²) in [4.78, 5) is 65.0. The van der Waals surface area contributed by atoms with Gasteiger partial charge in [-0.05, 0) is 45.9 Å².